The van der Waals surface area contributed by atoms with E-state index >= 15 is 0 Å². The minimum Gasteiger partial charge on any atom is -0.323 e. The monoisotopic (exact) mass is 354 g/mol. The van der Waals surface area contributed by atoms with Gasteiger partial charge in [-0.1, -0.05) is 6.92 Å². The molecule has 132 valence electrons. The van der Waals surface area contributed by atoms with Gasteiger partial charge in [0.15, 0.2) is 0 Å². The van der Waals surface area contributed by atoms with Gasteiger partial charge in [-0.05, 0) is 37.8 Å². The minimum atomic E-state index is -4.32. The molecule has 0 radical (unpaired) electrons. The van der Waals surface area contributed by atoms with E-state index in [4.69, 9.17) is 0 Å². The van der Waals surface area contributed by atoms with Crippen molar-refractivity contribution in [3.8, 4) is 0 Å². The molecule has 1 atom stereocenters. The van der Waals surface area contributed by atoms with Crippen LogP contribution in [0.15, 0.2) is 12.4 Å². The molecule has 1 fully saturated rings. The first-order valence-corrected chi connectivity index (χ1v) is 7.43. The van der Waals surface area contributed by atoms with Gasteiger partial charge in [0, 0.05) is 12.6 Å². The largest absolute Gasteiger partial charge is 0.408 e. The number of aromatic nitrogens is 2. The van der Waals surface area contributed by atoms with Gasteiger partial charge in [0.2, 0.25) is 5.91 Å². The maximum atomic E-state index is 12.2. The van der Waals surface area contributed by atoms with Crippen LogP contribution in [0.4, 0.5) is 18.9 Å². The Bertz CT molecular complexity index is 500. The third kappa shape index (κ3) is 6.78. The number of nitrogens with zero attached hydrogens (tertiary/aromatic N) is 2. The van der Waals surface area contributed by atoms with E-state index in [2.05, 4.69) is 15.7 Å². The normalized spacial score (nSPS) is 17.4. The third-order valence-corrected chi connectivity index (χ3v) is 3.95. The standard InChI is InChI=1S/C14H21F3N4O.ClH/c1-10(11-2-4-18-5-3-11)6-13(22)20-12-7-19-21(8-12)9-14(15,16)17;/h7-8,10-11,18H,2-6,9H2,1H3,(H,20,22);1H. The summed E-state index contributed by atoms with van der Waals surface area (Å²) in [5.74, 6) is 0.588. The van der Waals surface area contributed by atoms with Crippen molar-refractivity contribution in [1.29, 1.82) is 0 Å². The second kappa shape index (κ2) is 8.54. The zero-order valence-electron chi connectivity index (χ0n) is 12.9. The van der Waals surface area contributed by atoms with Crippen LogP contribution in [-0.2, 0) is 11.3 Å². The Labute approximate surface area is 139 Å². The molecule has 0 aliphatic carbocycles. The van der Waals surface area contributed by atoms with Gasteiger partial charge in [-0.25, -0.2) is 0 Å². The zero-order valence-corrected chi connectivity index (χ0v) is 13.7. The molecular formula is C14H22ClF3N4O. The molecule has 1 aromatic heterocycles. The van der Waals surface area contributed by atoms with Crippen molar-refractivity contribution in [2.75, 3.05) is 18.4 Å². The van der Waals surface area contributed by atoms with Gasteiger partial charge in [-0.2, -0.15) is 18.3 Å². The number of hydrogen-bond acceptors (Lipinski definition) is 3. The number of carbonyl (C=O) groups is 1. The van der Waals surface area contributed by atoms with E-state index in [0.717, 1.165) is 30.6 Å². The number of rotatable bonds is 5. The number of amides is 1. The summed E-state index contributed by atoms with van der Waals surface area (Å²) in [6.07, 6.45) is 0.585. The number of anilines is 1. The Morgan fingerprint density at radius 3 is 2.74 bits per heavy atom. The summed E-state index contributed by atoms with van der Waals surface area (Å²) < 4.78 is 37.5. The predicted octanol–water partition coefficient (Wildman–Crippen LogP) is 2.83. The molecule has 1 saturated heterocycles. The van der Waals surface area contributed by atoms with Gasteiger partial charge in [0.25, 0.3) is 0 Å². The van der Waals surface area contributed by atoms with Crippen molar-refractivity contribution in [2.24, 2.45) is 11.8 Å². The SMILES string of the molecule is CC(CC(=O)Nc1cnn(CC(F)(F)F)c1)C1CCNCC1.Cl. The number of carbonyl (C=O) groups excluding carboxylic acids is 1. The molecule has 2 N–H and O–H groups in total. The molecule has 0 saturated carbocycles. The molecule has 2 rings (SSSR count). The molecule has 1 aliphatic rings. The van der Waals surface area contributed by atoms with Crippen molar-refractivity contribution in [3.05, 3.63) is 12.4 Å². The van der Waals surface area contributed by atoms with Gasteiger partial charge < -0.3 is 10.6 Å². The van der Waals surface area contributed by atoms with Crippen LogP contribution in [0, 0.1) is 11.8 Å². The summed E-state index contributed by atoms with van der Waals surface area (Å²) in [4.78, 5) is 12.0. The quantitative estimate of drug-likeness (QED) is 0.854. The lowest BCUT2D eigenvalue weighted by Crippen LogP contribution is -2.32. The number of halogens is 4. The van der Waals surface area contributed by atoms with Crippen LogP contribution in [0.1, 0.15) is 26.2 Å². The second-order valence-corrected chi connectivity index (χ2v) is 5.86. The first kappa shape index (κ1) is 19.8. The minimum absolute atomic E-state index is 0. The Morgan fingerprint density at radius 1 is 1.48 bits per heavy atom. The molecular weight excluding hydrogens is 333 g/mol. The van der Waals surface area contributed by atoms with E-state index in [1.807, 2.05) is 6.92 Å². The highest BCUT2D eigenvalue weighted by Gasteiger charge is 2.28. The molecule has 2 heterocycles. The van der Waals surface area contributed by atoms with E-state index in [9.17, 15) is 18.0 Å². The lowest BCUT2D eigenvalue weighted by molar-refractivity contribution is -0.142. The van der Waals surface area contributed by atoms with Crippen LogP contribution in [0.3, 0.4) is 0 Å². The fraction of sp³-hybridized carbons (Fsp3) is 0.714. The lowest BCUT2D eigenvalue weighted by Gasteiger charge is -2.27. The summed E-state index contributed by atoms with van der Waals surface area (Å²) in [5.41, 5.74) is 0.298. The molecule has 1 aliphatic heterocycles. The molecule has 23 heavy (non-hydrogen) atoms. The molecule has 0 bridgehead atoms. The fourth-order valence-electron chi connectivity index (χ4n) is 2.78. The lowest BCUT2D eigenvalue weighted by atomic mass is 9.84. The predicted molar refractivity (Wildman–Crippen MR) is 83.5 cm³/mol. The Hall–Kier alpha value is -1.28. The van der Waals surface area contributed by atoms with E-state index in [1.54, 1.807) is 0 Å². The number of alkyl halides is 3. The average Bonchev–Trinajstić information content (AvgIpc) is 2.84. The van der Waals surface area contributed by atoms with Crippen LogP contribution in [-0.4, -0.2) is 35.0 Å². The zero-order chi connectivity index (χ0) is 16.2. The van der Waals surface area contributed by atoms with Crippen LogP contribution < -0.4 is 10.6 Å². The number of hydrogen-bond donors (Lipinski definition) is 2. The average molecular weight is 355 g/mol. The summed E-state index contributed by atoms with van der Waals surface area (Å²) in [6.45, 7) is 2.83. The molecule has 0 aromatic carbocycles. The fourth-order valence-corrected chi connectivity index (χ4v) is 2.78. The van der Waals surface area contributed by atoms with Crippen molar-refractivity contribution in [3.63, 3.8) is 0 Å². The summed E-state index contributed by atoms with van der Waals surface area (Å²) >= 11 is 0. The van der Waals surface area contributed by atoms with Gasteiger partial charge in [0.1, 0.15) is 6.54 Å². The highest BCUT2D eigenvalue weighted by atomic mass is 35.5. The van der Waals surface area contributed by atoms with Crippen molar-refractivity contribution < 1.29 is 18.0 Å². The van der Waals surface area contributed by atoms with Crippen LogP contribution in [0.25, 0.3) is 0 Å². The first-order chi connectivity index (χ1) is 10.3. The molecule has 1 unspecified atom stereocenters. The van der Waals surface area contributed by atoms with Gasteiger partial charge in [0.05, 0.1) is 11.9 Å². The summed E-state index contributed by atoms with van der Waals surface area (Å²) in [7, 11) is 0. The highest BCUT2D eigenvalue weighted by molar-refractivity contribution is 5.90. The van der Waals surface area contributed by atoms with Crippen LogP contribution in [0.2, 0.25) is 0 Å². The van der Waals surface area contributed by atoms with Crippen molar-refractivity contribution in [2.45, 2.75) is 38.9 Å². The van der Waals surface area contributed by atoms with E-state index in [0.29, 0.717) is 18.0 Å². The third-order valence-electron chi connectivity index (χ3n) is 3.95. The molecule has 1 amide bonds. The van der Waals surface area contributed by atoms with Crippen LogP contribution >= 0.6 is 12.4 Å². The number of piperidine rings is 1. The highest BCUT2D eigenvalue weighted by Crippen LogP contribution is 2.24. The first-order valence-electron chi connectivity index (χ1n) is 7.43. The van der Waals surface area contributed by atoms with E-state index in [-0.39, 0.29) is 24.2 Å². The number of nitrogens with one attached hydrogen (secondary N) is 2. The topological polar surface area (TPSA) is 59.0 Å². The van der Waals surface area contributed by atoms with E-state index < -0.39 is 12.7 Å². The van der Waals surface area contributed by atoms with Gasteiger partial charge in [-0.3, -0.25) is 9.48 Å². The van der Waals surface area contributed by atoms with Crippen molar-refractivity contribution >= 4 is 24.0 Å². The Kier molecular flexibility index (Phi) is 7.34. The maximum Gasteiger partial charge on any atom is 0.408 e. The summed E-state index contributed by atoms with van der Waals surface area (Å²) in [6, 6.07) is 0. The Balaban J connectivity index is 0.00000264. The molecule has 5 nitrogen and oxygen atoms in total. The molecule has 1 aromatic rings. The second-order valence-electron chi connectivity index (χ2n) is 5.86. The van der Waals surface area contributed by atoms with Gasteiger partial charge >= 0.3 is 6.18 Å². The molecule has 9 heteroatoms. The van der Waals surface area contributed by atoms with Crippen LogP contribution in [0.5, 0.6) is 0 Å². The molecule has 0 spiro atoms. The van der Waals surface area contributed by atoms with E-state index in [1.165, 1.54) is 12.4 Å². The van der Waals surface area contributed by atoms with Gasteiger partial charge in [-0.15, -0.1) is 12.4 Å². The smallest absolute Gasteiger partial charge is 0.323 e. The Morgan fingerprint density at radius 2 is 2.13 bits per heavy atom. The maximum absolute atomic E-state index is 12.2. The van der Waals surface area contributed by atoms with Crippen molar-refractivity contribution in [1.82, 2.24) is 15.1 Å². The summed E-state index contributed by atoms with van der Waals surface area (Å²) in [5, 5.41) is 9.49.